The van der Waals surface area contributed by atoms with Gasteiger partial charge in [-0.3, -0.25) is 0 Å². The second-order valence-electron chi connectivity index (χ2n) is 4.43. The molecule has 18 heavy (non-hydrogen) atoms. The van der Waals surface area contributed by atoms with Crippen LogP contribution in [0.3, 0.4) is 0 Å². The molecule has 1 rings (SSSR count). The first-order valence-corrected chi connectivity index (χ1v) is 6.51. The quantitative estimate of drug-likeness (QED) is 0.743. The summed E-state index contributed by atoms with van der Waals surface area (Å²) in [5, 5.41) is 12.0. The van der Waals surface area contributed by atoms with Crippen molar-refractivity contribution in [2.45, 2.75) is 46.1 Å². The average molecular weight is 253 g/mol. The lowest BCUT2D eigenvalue weighted by Crippen LogP contribution is -2.18. The highest BCUT2D eigenvalue weighted by Crippen LogP contribution is 2.13. The average Bonchev–Trinajstić information content (AvgIpc) is 2.33. The molecular weight excluding hydrogens is 230 g/mol. The van der Waals surface area contributed by atoms with E-state index in [1.54, 1.807) is 0 Å². The number of aliphatic hydroxyl groups is 1. The summed E-state index contributed by atoms with van der Waals surface area (Å²) in [6, 6.07) is 2.07. The first-order chi connectivity index (χ1) is 8.65. The molecule has 0 fully saturated rings. The van der Waals surface area contributed by atoms with E-state index in [4.69, 9.17) is 9.84 Å². The number of rotatable bonds is 8. The number of nitrogens with zero attached hydrogens (tertiary/aromatic N) is 2. The minimum atomic E-state index is 0.214. The van der Waals surface area contributed by atoms with Gasteiger partial charge in [0, 0.05) is 24.4 Å². The van der Waals surface area contributed by atoms with E-state index in [0.717, 1.165) is 25.0 Å². The van der Waals surface area contributed by atoms with E-state index in [0.29, 0.717) is 18.4 Å². The zero-order valence-corrected chi connectivity index (χ0v) is 11.4. The number of nitrogens with one attached hydrogen (secondary N) is 1. The topological polar surface area (TPSA) is 67.3 Å². The molecule has 0 aliphatic rings. The lowest BCUT2D eigenvalue weighted by Gasteiger charge is -2.14. The monoisotopic (exact) mass is 253 g/mol. The lowest BCUT2D eigenvalue weighted by molar-refractivity contribution is 0.282. The molecule has 0 saturated carbocycles. The van der Waals surface area contributed by atoms with Gasteiger partial charge < -0.3 is 15.2 Å². The van der Waals surface area contributed by atoms with Crippen molar-refractivity contribution in [1.82, 2.24) is 9.97 Å². The molecule has 0 spiro atoms. The maximum Gasteiger partial charge on any atom is 0.226 e. The highest BCUT2D eigenvalue weighted by molar-refractivity contribution is 5.31. The first-order valence-electron chi connectivity index (χ1n) is 6.51. The van der Waals surface area contributed by atoms with Gasteiger partial charge in [0.25, 0.3) is 0 Å². The molecular formula is C13H23N3O2. The summed E-state index contributed by atoms with van der Waals surface area (Å²) in [5.41, 5.74) is 0.882. The summed E-state index contributed by atoms with van der Waals surface area (Å²) in [7, 11) is 0. The number of aromatic nitrogens is 2. The van der Waals surface area contributed by atoms with Crippen LogP contribution in [0.4, 0.5) is 5.95 Å². The zero-order chi connectivity index (χ0) is 13.4. The van der Waals surface area contributed by atoms with Crippen LogP contribution >= 0.6 is 0 Å². The molecule has 1 atom stereocenters. The van der Waals surface area contributed by atoms with Gasteiger partial charge in [-0.25, -0.2) is 4.98 Å². The Morgan fingerprint density at radius 1 is 1.44 bits per heavy atom. The summed E-state index contributed by atoms with van der Waals surface area (Å²) in [4.78, 5) is 8.64. The van der Waals surface area contributed by atoms with Crippen molar-refractivity contribution in [3.05, 3.63) is 11.8 Å². The van der Waals surface area contributed by atoms with Crippen LogP contribution in [-0.4, -0.2) is 34.3 Å². The Morgan fingerprint density at radius 2 is 2.22 bits per heavy atom. The van der Waals surface area contributed by atoms with Gasteiger partial charge in [-0.2, -0.15) is 4.98 Å². The molecule has 0 aliphatic carbocycles. The van der Waals surface area contributed by atoms with Crippen LogP contribution in [0, 0.1) is 6.92 Å². The number of anilines is 1. The summed E-state index contributed by atoms with van der Waals surface area (Å²) in [6.07, 6.45) is 2.62. The fraction of sp³-hybridized carbons (Fsp3) is 0.692. The van der Waals surface area contributed by atoms with Gasteiger partial charge in [-0.1, -0.05) is 6.92 Å². The van der Waals surface area contributed by atoms with Crippen LogP contribution in [0.25, 0.3) is 0 Å². The SMILES string of the molecule is CCCOc1cc(C)nc(NC(C)CCCO)n1. The summed E-state index contributed by atoms with van der Waals surface area (Å²) in [5.74, 6) is 1.20. The van der Waals surface area contributed by atoms with Gasteiger partial charge in [0.05, 0.1) is 6.61 Å². The third-order valence-electron chi connectivity index (χ3n) is 2.46. The maximum absolute atomic E-state index is 8.79. The Balaban J connectivity index is 2.61. The molecule has 0 saturated heterocycles. The minimum absolute atomic E-state index is 0.214. The highest BCUT2D eigenvalue weighted by atomic mass is 16.5. The molecule has 5 heteroatoms. The number of ether oxygens (including phenoxy) is 1. The Kier molecular flexibility index (Phi) is 6.43. The predicted octanol–water partition coefficient (Wildman–Crippen LogP) is 2.15. The maximum atomic E-state index is 8.79. The van der Waals surface area contributed by atoms with E-state index in [-0.39, 0.29) is 12.6 Å². The van der Waals surface area contributed by atoms with Crippen molar-refractivity contribution in [3.63, 3.8) is 0 Å². The third kappa shape index (κ3) is 5.31. The van der Waals surface area contributed by atoms with Crippen molar-refractivity contribution >= 4 is 5.95 Å². The van der Waals surface area contributed by atoms with E-state index in [1.807, 2.05) is 19.9 Å². The van der Waals surface area contributed by atoms with E-state index in [9.17, 15) is 0 Å². The van der Waals surface area contributed by atoms with E-state index >= 15 is 0 Å². The van der Waals surface area contributed by atoms with Crippen LogP contribution in [0.1, 0.15) is 38.8 Å². The van der Waals surface area contributed by atoms with Crippen molar-refractivity contribution in [1.29, 1.82) is 0 Å². The molecule has 1 heterocycles. The van der Waals surface area contributed by atoms with E-state index < -0.39 is 0 Å². The molecule has 5 nitrogen and oxygen atoms in total. The van der Waals surface area contributed by atoms with Gasteiger partial charge in [0.15, 0.2) is 0 Å². The van der Waals surface area contributed by atoms with Gasteiger partial charge in [0.1, 0.15) is 0 Å². The van der Waals surface area contributed by atoms with Crippen molar-refractivity contribution in [2.75, 3.05) is 18.5 Å². The number of hydrogen-bond donors (Lipinski definition) is 2. The molecule has 0 radical (unpaired) electrons. The second-order valence-corrected chi connectivity index (χ2v) is 4.43. The summed E-state index contributed by atoms with van der Waals surface area (Å²) >= 11 is 0. The fourth-order valence-corrected chi connectivity index (χ4v) is 1.57. The molecule has 0 amide bonds. The second kappa shape index (κ2) is 7.87. The Bertz CT molecular complexity index is 358. The van der Waals surface area contributed by atoms with Crippen LogP contribution in [0.15, 0.2) is 6.07 Å². The van der Waals surface area contributed by atoms with E-state index in [2.05, 4.69) is 22.2 Å². The van der Waals surface area contributed by atoms with Gasteiger partial charge in [-0.05, 0) is 33.1 Å². The number of hydrogen-bond acceptors (Lipinski definition) is 5. The van der Waals surface area contributed by atoms with Crippen LogP contribution in [0.5, 0.6) is 5.88 Å². The van der Waals surface area contributed by atoms with Crippen LogP contribution in [0.2, 0.25) is 0 Å². The van der Waals surface area contributed by atoms with Crippen LogP contribution in [-0.2, 0) is 0 Å². The molecule has 1 unspecified atom stereocenters. The molecule has 1 aromatic heterocycles. The van der Waals surface area contributed by atoms with Gasteiger partial charge in [-0.15, -0.1) is 0 Å². The van der Waals surface area contributed by atoms with E-state index in [1.165, 1.54) is 0 Å². The Labute approximate surface area is 109 Å². The first kappa shape index (κ1) is 14.7. The molecule has 0 aromatic carbocycles. The normalized spacial score (nSPS) is 12.2. The summed E-state index contributed by atoms with van der Waals surface area (Å²) in [6.45, 7) is 6.91. The Morgan fingerprint density at radius 3 is 2.89 bits per heavy atom. The number of aliphatic hydroxyl groups excluding tert-OH is 1. The predicted molar refractivity (Wildman–Crippen MR) is 72.0 cm³/mol. The number of aryl methyl sites for hydroxylation is 1. The van der Waals surface area contributed by atoms with Crippen molar-refractivity contribution in [2.24, 2.45) is 0 Å². The van der Waals surface area contributed by atoms with Gasteiger partial charge >= 0.3 is 0 Å². The fourth-order valence-electron chi connectivity index (χ4n) is 1.57. The lowest BCUT2D eigenvalue weighted by atomic mass is 10.2. The van der Waals surface area contributed by atoms with Gasteiger partial charge in [0.2, 0.25) is 11.8 Å². The highest BCUT2D eigenvalue weighted by Gasteiger charge is 2.06. The Hall–Kier alpha value is -1.36. The largest absolute Gasteiger partial charge is 0.478 e. The summed E-state index contributed by atoms with van der Waals surface area (Å²) < 4.78 is 5.51. The standard InChI is InChI=1S/C13H23N3O2/c1-4-8-18-12-9-11(3)15-13(16-12)14-10(2)6-5-7-17/h9-10,17H,4-8H2,1-3H3,(H,14,15,16). The smallest absolute Gasteiger partial charge is 0.226 e. The minimum Gasteiger partial charge on any atom is -0.478 e. The van der Waals surface area contributed by atoms with Crippen LogP contribution < -0.4 is 10.1 Å². The zero-order valence-electron chi connectivity index (χ0n) is 11.4. The molecule has 1 aromatic rings. The molecule has 0 bridgehead atoms. The molecule has 0 aliphatic heterocycles. The van der Waals surface area contributed by atoms with Crippen molar-refractivity contribution in [3.8, 4) is 5.88 Å². The molecule has 2 N–H and O–H groups in total. The van der Waals surface area contributed by atoms with Crippen molar-refractivity contribution < 1.29 is 9.84 Å². The molecule has 102 valence electrons. The third-order valence-corrected chi connectivity index (χ3v) is 2.46.